The fourth-order valence-electron chi connectivity index (χ4n) is 1.20. The van der Waals surface area contributed by atoms with Crippen LogP contribution in [0.5, 0.6) is 0 Å². The van der Waals surface area contributed by atoms with Gasteiger partial charge >= 0.3 is 5.97 Å². The van der Waals surface area contributed by atoms with Gasteiger partial charge in [-0.05, 0) is 17.7 Å². The molecular formula is C11H11NO4. The van der Waals surface area contributed by atoms with Crippen molar-refractivity contribution in [3.05, 3.63) is 51.2 Å². The Labute approximate surface area is 92.2 Å². The zero-order valence-electron chi connectivity index (χ0n) is 8.71. The monoisotopic (exact) mass is 221 g/mol. The Bertz CT molecular complexity index is 434. The van der Waals surface area contributed by atoms with Crippen molar-refractivity contribution in [1.29, 1.82) is 0 Å². The number of nitro groups is 1. The normalized spacial score (nSPS) is 11.2. The summed E-state index contributed by atoms with van der Waals surface area (Å²) in [5.74, 6) is -1.01. The van der Waals surface area contributed by atoms with Gasteiger partial charge < -0.3 is 5.11 Å². The maximum absolute atomic E-state index is 10.6. The smallest absolute Gasteiger partial charge is 0.335 e. The van der Waals surface area contributed by atoms with Gasteiger partial charge in [0.25, 0.3) is 0 Å². The maximum Gasteiger partial charge on any atom is 0.335 e. The van der Waals surface area contributed by atoms with Crippen LogP contribution in [0.3, 0.4) is 0 Å². The van der Waals surface area contributed by atoms with Crippen molar-refractivity contribution in [3.8, 4) is 0 Å². The summed E-state index contributed by atoms with van der Waals surface area (Å²) in [7, 11) is 0. The minimum absolute atomic E-state index is 0.100. The summed E-state index contributed by atoms with van der Waals surface area (Å²) in [6.07, 6.45) is 1.76. The molecule has 16 heavy (non-hydrogen) atoms. The molecule has 0 spiro atoms. The quantitative estimate of drug-likeness (QED) is 0.625. The van der Waals surface area contributed by atoms with E-state index in [1.807, 2.05) is 0 Å². The number of carbonyl (C=O) groups is 1. The average Bonchev–Trinajstić information content (AvgIpc) is 2.26. The van der Waals surface area contributed by atoms with Gasteiger partial charge in [-0.2, -0.15) is 0 Å². The average molecular weight is 221 g/mol. The largest absolute Gasteiger partial charge is 0.478 e. The van der Waals surface area contributed by atoms with E-state index in [1.165, 1.54) is 18.2 Å². The van der Waals surface area contributed by atoms with Crippen molar-refractivity contribution in [2.75, 3.05) is 0 Å². The first kappa shape index (κ1) is 11.9. The van der Waals surface area contributed by atoms with E-state index in [1.54, 1.807) is 19.1 Å². The van der Waals surface area contributed by atoms with Gasteiger partial charge in [-0.15, -0.1) is 0 Å². The molecule has 0 aliphatic rings. The first-order valence-electron chi connectivity index (χ1n) is 4.73. The molecule has 0 heterocycles. The van der Waals surface area contributed by atoms with Crippen LogP contribution < -0.4 is 0 Å². The third-order valence-corrected chi connectivity index (χ3v) is 2.09. The van der Waals surface area contributed by atoms with E-state index in [0.717, 1.165) is 0 Å². The molecule has 0 aliphatic heterocycles. The number of hydrogen-bond donors (Lipinski definition) is 1. The third-order valence-electron chi connectivity index (χ3n) is 2.09. The molecule has 1 aromatic carbocycles. The Morgan fingerprint density at radius 2 is 2.00 bits per heavy atom. The molecule has 5 heteroatoms. The van der Waals surface area contributed by atoms with Crippen molar-refractivity contribution < 1.29 is 14.8 Å². The molecule has 0 bridgehead atoms. The van der Waals surface area contributed by atoms with Crippen molar-refractivity contribution in [2.45, 2.75) is 13.3 Å². The standard InChI is InChI=1S/C11H11NO4/c1-2-10(12(15)16)7-8-3-5-9(6-4-8)11(13)14/h3-7H,2H2,1H3,(H,13,14)/b10-7-. The Balaban J connectivity index is 2.98. The predicted octanol–water partition coefficient (Wildman–Crippen LogP) is 2.41. The molecule has 0 radical (unpaired) electrons. The van der Waals surface area contributed by atoms with Gasteiger partial charge in [-0.1, -0.05) is 19.1 Å². The van der Waals surface area contributed by atoms with Crippen LogP contribution in [-0.2, 0) is 0 Å². The van der Waals surface area contributed by atoms with Crippen molar-refractivity contribution in [3.63, 3.8) is 0 Å². The lowest BCUT2D eigenvalue weighted by molar-refractivity contribution is -0.425. The Hall–Kier alpha value is -2.17. The van der Waals surface area contributed by atoms with Crippen LogP contribution in [0, 0.1) is 10.1 Å². The molecule has 0 saturated heterocycles. The number of rotatable bonds is 4. The topological polar surface area (TPSA) is 80.4 Å². The van der Waals surface area contributed by atoms with Gasteiger partial charge in [0.15, 0.2) is 0 Å². The zero-order chi connectivity index (χ0) is 12.1. The molecule has 0 amide bonds. The highest BCUT2D eigenvalue weighted by molar-refractivity contribution is 5.87. The van der Waals surface area contributed by atoms with Crippen molar-refractivity contribution >= 4 is 12.0 Å². The van der Waals surface area contributed by atoms with Crippen molar-refractivity contribution in [1.82, 2.24) is 0 Å². The number of benzene rings is 1. The van der Waals surface area contributed by atoms with E-state index < -0.39 is 10.9 Å². The van der Waals surface area contributed by atoms with Crippen LogP contribution in [0.2, 0.25) is 0 Å². The van der Waals surface area contributed by atoms with Crippen molar-refractivity contribution in [2.24, 2.45) is 0 Å². The molecule has 1 rings (SSSR count). The SMILES string of the molecule is CC/C(=C/c1ccc(C(=O)O)cc1)[N+](=O)[O-]. The lowest BCUT2D eigenvalue weighted by Crippen LogP contribution is -1.97. The van der Waals surface area contributed by atoms with Crippen LogP contribution in [0.15, 0.2) is 30.0 Å². The number of allylic oxidation sites excluding steroid dienone is 1. The predicted molar refractivity (Wildman–Crippen MR) is 58.7 cm³/mol. The second-order valence-electron chi connectivity index (χ2n) is 3.17. The van der Waals surface area contributed by atoms with Crippen LogP contribution in [0.1, 0.15) is 29.3 Å². The van der Waals surface area contributed by atoms with Gasteiger partial charge in [0, 0.05) is 12.5 Å². The number of carboxylic acids is 1. The molecule has 1 N–H and O–H groups in total. The molecule has 0 fully saturated rings. The third kappa shape index (κ3) is 2.91. The fourth-order valence-corrected chi connectivity index (χ4v) is 1.20. The van der Waals surface area contributed by atoms with Gasteiger partial charge in [0.1, 0.15) is 0 Å². The summed E-state index contributed by atoms with van der Waals surface area (Å²) >= 11 is 0. The van der Waals surface area contributed by atoms with E-state index in [2.05, 4.69) is 0 Å². The van der Waals surface area contributed by atoms with E-state index in [4.69, 9.17) is 5.11 Å². The highest BCUT2D eigenvalue weighted by atomic mass is 16.6. The minimum atomic E-state index is -1.01. The summed E-state index contributed by atoms with van der Waals surface area (Å²) in [6, 6.07) is 5.92. The Kier molecular flexibility index (Phi) is 3.77. The summed E-state index contributed by atoms with van der Waals surface area (Å²) in [4.78, 5) is 20.7. The molecule has 5 nitrogen and oxygen atoms in total. The highest BCUT2D eigenvalue weighted by Crippen LogP contribution is 2.11. The molecule has 0 saturated carbocycles. The number of hydrogen-bond acceptors (Lipinski definition) is 3. The first-order chi connectivity index (χ1) is 7.54. The molecule has 0 aromatic heterocycles. The summed E-state index contributed by atoms with van der Waals surface area (Å²) in [5, 5.41) is 19.2. The summed E-state index contributed by atoms with van der Waals surface area (Å²) < 4.78 is 0. The molecule has 1 aromatic rings. The van der Waals surface area contributed by atoms with Gasteiger partial charge in [-0.3, -0.25) is 10.1 Å². The Morgan fingerprint density at radius 3 is 2.38 bits per heavy atom. The Morgan fingerprint density at radius 1 is 1.44 bits per heavy atom. The molecule has 84 valence electrons. The van der Waals surface area contributed by atoms with Gasteiger partial charge in [-0.25, -0.2) is 4.79 Å². The van der Waals surface area contributed by atoms with Gasteiger partial charge in [0.2, 0.25) is 5.70 Å². The number of carboxylic acid groups (broad SMARTS) is 1. The van der Waals surface area contributed by atoms with Crippen LogP contribution in [-0.4, -0.2) is 16.0 Å². The second kappa shape index (κ2) is 5.06. The molecule has 0 unspecified atom stereocenters. The summed E-state index contributed by atoms with van der Waals surface area (Å²) in [6.45, 7) is 1.69. The van der Waals surface area contributed by atoms with Crippen LogP contribution in [0.4, 0.5) is 0 Å². The lowest BCUT2D eigenvalue weighted by atomic mass is 10.1. The highest BCUT2D eigenvalue weighted by Gasteiger charge is 2.07. The van der Waals surface area contributed by atoms with Gasteiger partial charge in [0.05, 0.1) is 10.5 Å². The first-order valence-corrected chi connectivity index (χ1v) is 4.73. The second-order valence-corrected chi connectivity index (χ2v) is 3.17. The van der Waals surface area contributed by atoms with E-state index in [0.29, 0.717) is 12.0 Å². The lowest BCUT2D eigenvalue weighted by Gasteiger charge is -1.97. The summed E-state index contributed by atoms with van der Waals surface area (Å²) in [5.41, 5.74) is 0.887. The van der Waals surface area contributed by atoms with E-state index >= 15 is 0 Å². The van der Waals surface area contributed by atoms with E-state index in [-0.39, 0.29) is 11.3 Å². The van der Waals surface area contributed by atoms with Crippen LogP contribution in [0.25, 0.3) is 6.08 Å². The number of aromatic carboxylic acids is 1. The number of nitrogens with zero attached hydrogens (tertiary/aromatic N) is 1. The van der Waals surface area contributed by atoms with Crippen LogP contribution >= 0.6 is 0 Å². The van der Waals surface area contributed by atoms with E-state index in [9.17, 15) is 14.9 Å². The minimum Gasteiger partial charge on any atom is -0.478 e. The molecular weight excluding hydrogens is 210 g/mol. The molecule has 0 atom stereocenters. The fraction of sp³-hybridized carbons (Fsp3) is 0.182. The maximum atomic E-state index is 10.6. The zero-order valence-corrected chi connectivity index (χ0v) is 8.71. The molecule has 0 aliphatic carbocycles.